The van der Waals surface area contributed by atoms with Crippen molar-refractivity contribution < 1.29 is 0 Å². The van der Waals surface area contributed by atoms with Gasteiger partial charge in [-0.2, -0.15) is 0 Å². The zero-order chi connectivity index (χ0) is 10.9. The highest BCUT2D eigenvalue weighted by Gasteiger charge is 2.21. The van der Waals surface area contributed by atoms with E-state index in [1.165, 1.54) is 16.8 Å². The van der Waals surface area contributed by atoms with Crippen molar-refractivity contribution in [2.75, 3.05) is 6.54 Å². The zero-order valence-electron chi connectivity index (χ0n) is 9.49. The number of aromatic nitrogens is 1. The molecule has 78 valence electrons. The molecule has 1 aromatic heterocycles. The Kier molecular flexibility index (Phi) is 2.43. The molecule has 0 N–H and O–H groups in total. The minimum absolute atomic E-state index is 0.148. The lowest BCUT2D eigenvalue weighted by atomic mass is 9.89. The normalized spacial score (nSPS) is 16.2. The summed E-state index contributed by atoms with van der Waals surface area (Å²) >= 11 is 0. The first-order valence-electron chi connectivity index (χ1n) is 5.23. The second-order valence-electron chi connectivity index (χ2n) is 4.86. The highest BCUT2D eigenvalue weighted by Crippen LogP contribution is 2.26. The predicted molar refractivity (Wildman–Crippen MR) is 64.0 cm³/mol. The third-order valence-electron chi connectivity index (χ3n) is 2.55. The van der Waals surface area contributed by atoms with Crippen molar-refractivity contribution in [2.24, 2.45) is 10.4 Å². The highest BCUT2D eigenvalue weighted by molar-refractivity contribution is 6.07. The van der Waals surface area contributed by atoms with Gasteiger partial charge >= 0.3 is 0 Å². The number of rotatable bonds is 1. The molecule has 0 amide bonds. The lowest BCUT2D eigenvalue weighted by Gasteiger charge is -2.16. The summed E-state index contributed by atoms with van der Waals surface area (Å²) in [4.78, 5) is 8.59. The van der Waals surface area contributed by atoms with Gasteiger partial charge in [-0.05, 0) is 29.3 Å². The maximum absolute atomic E-state index is 4.57. The molecular weight excluding hydrogens is 184 g/mol. The Bertz CT molecular complexity index is 408. The van der Waals surface area contributed by atoms with Crippen molar-refractivity contribution >= 4 is 11.3 Å². The molecule has 0 unspecified atom stereocenters. The smallest absolute Gasteiger partial charge is 0.0649 e. The molecule has 0 aromatic carbocycles. The lowest BCUT2D eigenvalue weighted by molar-refractivity contribution is 0.594. The summed E-state index contributed by atoms with van der Waals surface area (Å²) in [6.07, 6.45) is 5.85. The molecule has 0 spiro atoms. The number of nitrogens with zero attached hydrogens (tertiary/aromatic N) is 2. The molecule has 0 saturated carbocycles. The van der Waals surface area contributed by atoms with E-state index in [9.17, 15) is 0 Å². The van der Waals surface area contributed by atoms with E-state index in [2.05, 4.69) is 36.8 Å². The second-order valence-corrected chi connectivity index (χ2v) is 4.86. The number of pyridine rings is 1. The Morgan fingerprint density at radius 1 is 1.13 bits per heavy atom. The number of aliphatic imine (C=N–C) groups is 1. The molecule has 1 aliphatic rings. The Hall–Kier alpha value is -1.44. The molecule has 1 aromatic rings. The van der Waals surface area contributed by atoms with Gasteiger partial charge in [-0.1, -0.05) is 20.8 Å². The molecule has 2 heteroatoms. The van der Waals surface area contributed by atoms with Crippen LogP contribution in [-0.2, 0) is 0 Å². The van der Waals surface area contributed by atoms with Crippen LogP contribution in [0, 0.1) is 5.41 Å². The first-order valence-corrected chi connectivity index (χ1v) is 5.23. The van der Waals surface area contributed by atoms with Crippen LogP contribution in [0.5, 0.6) is 0 Å². The van der Waals surface area contributed by atoms with Crippen molar-refractivity contribution in [1.82, 2.24) is 4.98 Å². The first-order chi connectivity index (χ1) is 7.07. The summed E-state index contributed by atoms with van der Waals surface area (Å²) in [6.45, 7) is 7.38. The van der Waals surface area contributed by atoms with Crippen molar-refractivity contribution in [3.63, 3.8) is 0 Å². The molecule has 0 saturated heterocycles. The maximum atomic E-state index is 4.57. The fourth-order valence-corrected chi connectivity index (χ4v) is 1.62. The molecule has 15 heavy (non-hydrogen) atoms. The molecule has 2 heterocycles. The number of hydrogen-bond donors (Lipinski definition) is 0. The second kappa shape index (κ2) is 3.61. The van der Waals surface area contributed by atoms with E-state index in [1.807, 2.05) is 24.5 Å². The van der Waals surface area contributed by atoms with Gasteiger partial charge < -0.3 is 0 Å². The average Bonchev–Trinajstić information content (AvgIpc) is 2.67. The fourth-order valence-electron chi connectivity index (χ4n) is 1.62. The molecule has 0 fully saturated rings. The molecule has 1 aliphatic heterocycles. The van der Waals surface area contributed by atoms with Crippen LogP contribution in [0.4, 0.5) is 0 Å². The maximum Gasteiger partial charge on any atom is 0.0649 e. The Morgan fingerprint density at radius 3 is 2.33 bits per heavy atom. The zero-order valence-corrected chi connectivity index (χ0v) is 9.49. The molecule has 0 bridgehead atoms. The van der Waals surface area contributed by atoms with E-state index in [-0.39, 0.29) is 5.41 Å². The summed E-state index contributed by atoms with van der Waals surface area (Å²) in [6, 6.07) is 4.07. The Labute approximate surface area is 90.8 Å². The molecule has 2 nitrogen and oxygen atoms in total. The highest BCUT2D eigenvalue weighted by atomic mass is 14.8. The molecule has 0 atom stereocenters. The van der Waals surface area contributed by atoms with Crippen molar-refractivity contribution in [3.05, 3.63) is 36.2 Å². The fraction of sp³-hybridized carbons (Fsp3) is 0.385. The summed E-state index contributed by atoms with van der Waals surface area (Å²) in [7, 11) is 0. The minimum atomic E-state index is 0.148. The third-order valence-corrected chi connectivity index (χ3v) is 2.55. The van der Waals surface area contributed by atoms with E-state index in [0.29, 0.717) is 0 Å². The van der Waals surface area contributed by atoms with Crippen LogP contribution < -0.4 is 0 Å². The van der Waals surface area contributed by atoms with Gasteiger partial charge in [-0.25, -0.2) is 0 Å². The van der Waals surface area contributed by atoms with Gasteiger partial charge in [0.05, 0.1) is 6.54 Å². The van der Waals surface area contributed by atoms with Crippen LogP contribution in [0.1, 0.15) is 26.3 Å². The quantitative estimate of drug-likeness (QED) is 0.684. The van der Waals surface area contributed by atoms with Gasteiger partial charge in [0.15, 0.2) is 0 Å². The van der Waals surface area contributed by atoms with Gasteiger partial charge in [-0.15, -0.1) is 0 Å². The van der Waals surface area contributed by atoms with Crippen LogP contribution in [0.15, 0.2) is 35.6 Å². The van der Waals surface area contributed by atoms with Crippen molar-refractivity contribution in [1.29, 1.82) is 0 Å². The van der Waals surface area contributed by atoms with Crippen LogP contribution in [0.2, 0.25) is 0 Å². The van der Waals surface area contributed by atoms with E-state index in [4.69, 9.17) is 0 Å². The van der Waals surface area contributed by atoms with E-state index in [1.54, 1.807) is 0 Å². The van der Waals surface area contributed by atoms with Crippen LogP contribution in [-0.4, -0.2) is 17.2 Å². The third kappa shape index (κ3) is 2.14. The Morgan fingerprint density at radius 2 is 1.80 bits per heavy atom. The van der Waals surface area contributed by atoms with Gasteiger partial charge in [-0.3, -0.25) is 9.98 Å². The monoisotopic (exact) mass is 200 g/mol. The average molecular weight is 200 g/mol. The van der Waals surface area contributed by atoms with E-state index < -0.39 is 0 Å². The van der Waals surface area contributed by atoms with Crippen LogP contribution >= 0.6 is 0 Å². The molecule has 0 radical (unpaired) electrons. The minimum Gasteiger partial charge on any atom is -0.284 e. The number of hydrogen-bond acceptors (Lipinski definition) is 2. The largest absolute Gasteiger partial charge is 0.284 e. The van der Waals surface area contributed by atoms with Crippen molar-refractivity contribution in [3.8, 4) is 0 Å². The van der Waals surface area contributed by atoms with Gasteiger partial charge in [0, 0.05) is 23.5 Å². The Balaban J connectivity index is 2.25. The first kappa shape index (κ1) is 10.1. The lowest BCUT2D eigenvalue weighted by Crippen LogP contribution is -2.16. The standard InChI is InChI=1S/C13H16N2/c1-13(2,3)12-8-11(9-15-12)10-4-6-14-7-5-10/h4-8H,9H2,1-3H3. The molecular formula is C13H16N2. The van der Waals surface area contributed by atoms with E-state index in [0.717, 1.165) is 6.54 Å². The SMILES string of the molecule is CC(C)(C)C1=NCC(c2ccncc2)=C1. The summed E-state index contributed by atoms with van der Waals surface area (Å²) < 4.78 is 0. The molecule has 0 aliphatic carbocycles. The van der Waals surface area contributed by atoms with Gasteiger partial charge in [0.1, 0.15) is 0 Å². The van der Waals surface area contributed by atoms with E-state index >= 15 is 0 Å². The number of allylic oxidation sites excluding steroid dienone is 1. The summed E-state index contributed by atoms with van der Waals surface area (Å²) in [5, 5.41) is 0. The molecule has 2 rings (SSSR count). The van der Waals surface area contributed by atoms with Crippen LogP contribution in [0.3, 0.4) is 0 Å². The van der Waals surface area contributed by atoms with Gasteiger partial charge in [0.2, 0.25) is 0 Å². The van der Waals surface area contributed by atoms with Crippen LogP contribution in [0.25, 0.3) is 5.57 Å². The topological polar surface area (TPSA) is 25.2 Å². The predicted octanol–water partition coefficient (Wildman–Crippen LogP) is 2.97. The summed E-state index contributed by atoms with van der Waals surface area (Å²) in [5.74, 6) is 0. The van der Waals surface area contributed by atoms with Crippen molar-refractivity contribution in [2.45, 2.75) is 20.8 Å². The van der Waals surface area contributed by atoms with Gasteiger partial charge in [0.25, 0.3) is 0 Å². The summed E-state index contributed by atoms with van der Waals surface area (Å²) in [5.41, 5.74) is 3.86.